The minimum atomic E-state index is -0.545. The number of hydrogen-bond acceptors (Lipinski definition) is 7. The van der Waals surface area contributed by atoms with Crippen molar-refractivity contribution >= 4 is 22.5 Å². The third-order valence-electron chi connectivity index (χ3n) is 3.23. The first-order valence-corrected chi connectivity index (χ1v) is 6.31. The van der Waals surface area contributed by atoms with Gasteiger partial charge in [0.05, 0.1) is 28.9 Å². The summed E-state index contributed by atoms with van der Waals surface area (Å²) in [6, 6.07) is 1.33. The average molecular weight is 299 g/mol. The van der Waals surface area contributed by atoms with Gasteiger partial charge in [0.25, 0.3) is 0 Å². The Morgan fingerprint density at radius 1 is 1.32 bits per heavy atom. The maximum Gasteiger partial charge on any atom is 0.389 e. The fourth-order valence-corrected chi connectivity index (χ4v) is 2.23. The van der Waals surface area contributed by atoms with Crippen molar-refractivity contribution in [2.75, 3.05) is 0 Å². The number of fused-ring (bicyclic) bond motifs is 3. The first-order valence-electron chi connectivity index (χ1n) is 6.31. The second-order valence-electron chi connectivity index (χ2n) is 4.67. The summed E-state index contributed by atoms with van der Waals surface area (Å²) in [7, 11) is 1.80. The van der Waals surface area contributed by atoms with E-state index in [1.54, 1.807) is 28.8 Å². The normalized spacial score (nSPS) is 11.5. The molecule has 0 atom stereocenters. The molecule has 0 fully saturated rings. The predicted octanol–water partition coefficient (Wildman–Crippen LogP) is 0.164. The van der Waals surface area contributed by atoms with Crippen LogP contribution < -0.4 is 0 Å². The Balaban J connectivity index is 1.75. The van der Waals surface area contributed by atoms with Gasteiger partial charge in [-0.1, -0.05) is 0 Å². The van der Waals surface area contributed by atoms with Crippen molar-refractivity contribution in [2.24, 2.45) is 7.05 Å². The topological polar surface area (TPSA) is 122 Å². The summed E-state index contributed by atoms with van der Waals surface area (Å²) >= 11 is 0. The lowest BCUT2D eigenvalue weighted by atomic mass is 10.4. The van der Waals surface area contributed by atoms with Gasteiger partial charge >= 0.3 is 5.82 Å². The minimum Gasteiger partial charge on any atom is -0.358 e. The van der Waals surface area contributed by atoms with Crippen LogP contribution in [0.25, 0.3) is 16.7 Å². The third-order valence-corrected chi connectivity index (χ3v) is 3.23. The summed E-state index contributed by atoms with van der Waals surface area (Å²) < 4.78 is 4.62. The molecular formula is C11H9N9O2. The molecule has 0 amide bonds. The molecule has 11 heteroatoms. The molecule has 4 aromatic heterocycles. The highest BCUT2D eigenvalue weighted by Gasteiger charge is 2.15. The van der Waals surface area contributed by atoms with E-state index in [0.717, 1.165) is 5.39 Å². The van der Waals surface area contributed by atoms with Gasteiger partial charge in [0.15, 0.2) is 17.1 Å². The van der Waals surface area contributed by atoms with Crippen LogP contribution in [0.4, 0.5) is 5.82 Å². The van der Waals surface area contributed by atoms with Crippen molar-refractivity contribution in [3.05, 3.63) is 40.7 Å². The number of aryl methyl sites for hydroxylation is 1. The van der Waals surface area contributed by atoms with Crippen LogP contribution in [0.3, 0.4) is 0 Å². The summed E-state index contributed by atoms with van der Waals surface area (Å²) in [5.41, 5.74) is 1.34. The lowest BCUT2D eigenvalue weighted by molar-refractivity contribution is -0.389. The van der Waals surface area contributed by atoms with Crippen molar-refractivity contribution in [2.45, 2.75) is 6.54 Å². The molecule has 4 heterocycles. The van der Waals surface area contributed by atoms with Crippen molar-refractivity contribution in [3.8, 4) is 0 Å². The maximum atomic E-state index is 10.6. The van der Waals surface area contributed by atoms with Crippen LogP contribution in [0.5, 0.6) is 0 Å². The van der Waals surface area contributed by atoms with Crippen molar-refractivity contribution in [1.29, 1.82) is 0 Å². The zero-order chi connectivity index (χ0) is 15.3. The van der Waals surface area contributed by atoms with Gasteiger partial charge < -0.3 is 10.1 Å². The predicted molar refractivity (Wildman–Crippen MR) is 73.0 cm³/mol. The molecule has 0 aromatic carbocycles. The van der Waals surface area contributed by atoms with Crippen LogP contribution >= 0.6 is 0 Å². The van der Waals surface area contributed by atoms with Gasteiger partial charge in [0, 0.05) is 7.05 Å². The number of rotatable bonds is 3. The van der Waals surface area contributed by atoms with Crippen LogP contribution in [0.2, 0.25) is 0 Å². The molecule has 0 aliphatic rings. The molecule has 0 radical (unpaired) electrons. The fourth-order valence-electron chi connectivity index (χ4n) is 2.23. The second kappa shape index (κ2) is 4.31. The molecule has 0 spiro atoms. The average Bonchev–Trinajstić information content (AvgIpc) is 3.17. The standard InChI is InChI=1S/C11H9N9O2/c1-17-10-7(4-13-17)11-14-8(15-19(11)6-12-10)5-18-3-2-9(16-18)20(21)22/h2-4,6H,5H2,1H3. The number of nitrogens with zero attached hydrogens (tertiary/aromatic N) is 9. The Morgan fingerprint density at radius 3 is 2.95 bits per heavy atom. The lowest BCUT2D eigenvalue weighted by Crippen LogP contribution is -2.03. The molecule has 0 unspecified atom stereocenters. The Kier molecular flexibility index (Phi) is 2.43. The minimum absolute atomic E-state index is 0.208. The van der Waals surface area contributed by atoms with E-state index in [2.05, 4.69) is 25.3 Å². The van der Waals surface area contributed by atoms with Gasteiger partial charge in [-0.05, 0) is 4.92 Å². The van der Waals surface area contributed by atoms with Crippen molar-refractivity contribution < 1.29 is 4.92 Å². The zero-order valence-electron chi connectivity index (χ0n) is 11.4. The molecule has 110 valence electrons. The molecule has 0 aliphatic heterocycles. The lowest BCUT2D eigenvalue weighted by Gasteiger charge is -1.93. The van der Waals surface area contributed by atoms with Crippen molar-refractivity contribution in [3.63, 3.8) is 0 Å². The van der Waals surface area contributed by atoms with Crippen LogP contribution in [0.15, 0.2) is 24.8 Å². The molecular weight excluding hydrogens is 290 g/mol. The smallest absolute Gasteiger partial charge is 0.358 e. The first-order chi connectivity index (χ1) is 10.6. The SMILES string of the molecule is Cn1ncc2c1ncn1nc(Cn3ccc([N+](=O)[O-])n3)nc21. The zero-order valence-corrected chi connectivity index (χ0v) is 11.4. The second-order valence-corrected chi connectivity index (χ2v) is 4.67. The molecule has 0 bridgehead atoms. The summed E-state index contributed by atoms with van der Waals surface area (Å²) in [5, 5.41) is 23.7. The van der Waals surface area contributed by atoms with Gasteiger partial charge in [-0.2, -0.15) is 9.78 Å². The van der Waals surface area contributed by atoms with E-state index in [0.29, 0.717) is 17.1 Å². The van der Waals surface area contributed by atoms with E-state index < -0.39 is 4.92 Å². The highest BCUT2D eigenvalue weighted by Crippen LogP contribution is 2.15. The Labute approximate surface area is 122 Å². The fraction of sp³-hybridized carbons (Fsp3) is 0.182. The first kappa shape index (κ1) is 12.4. The van der Waals surface area contributed by atoms with E-state index in [1.165, 1.54) is 16.9 Å². The molecule has 0 saturated heterocycles. The highest BCUT2D eigenvalue weighted by atomic mass is 16.6. The van der Waals surface area contributed by atoms with Crippen LogP contribution in [0.1, 0.15) is 5.82 Å². The quantitative estimate of drug-likeness (QED) is 0.390. The number of aromatic nitrogens is 8. The largest absolute Gasteiger partial charge is 0.389 e. The Bertz CT molecular complexity index is 1010. The van der Waals surface area contributed by atoms with Crippen LogP contribution in [-0.4, -0.2) is 44.1 Å². The van der Waals surface area contributed by atoms with Gasteiger partial charge in [0.2, 0.25) is 0 Å². The Morgan fingerprint density at radius 2 is 2.18 bits per heavy atom. The monoisotopic (exact) mass is 299 g/mol. The van der Waals surface area contributed by atoms with Crippen molar-refractivity contribution in [1.82, 2.24) is 39.1 Å². The molecule has 4 rings (SSSR count). The van der Waals surface area contributed by atoms with E-state index in [1.807, 2.05) is 0 Å². The summed E-state index contributed by atoms with van der Waals surface area (Å²) in [6.45, 7) is 0.233. The number of nitro groups is 1. The molecule has 4 aromatic rings. The molecule has 0 aliphatic carbocycles. The Hall–Kier alpha value is -3.37. The summed E-state index contributed by atoms with van der Waals surface area (Å²) in [6.07, 6.45) is 4.75. The number of hydrogen-bond donors (Lipinski definition) is 0. The van der Waals surface area contributed by atoms with Gasteiger partial charge in [0.1, 0.15) is 12.9 Å². The van der Waals surface area contributed by atoms with Gasteiger partial charge in [-0.15, -0.1) is 5.10 Å². The molecule has 11 nitrogen and oxygen atoms in total. The summed E-state index contributed by atoms with van der Waals surface area (Å²) in [4.78, 5) is 18.8. The summed E-state index contributed by atoms with van der Waals surface area (Å²) in [5.74, 6) is 0.274. The molecule has 0 N–H and O–H groups in total. The van der Waals surface area contributed by atoms with E-state index >= 15 is 0 Å². The maximum absolute atomic E-state index is 10.6. The van der Waals surface area contributed by atoms with Crippen LogP contribution in [0, 0.1) is 10.1 Å². The van der Waals surface area contributed by atoms with E-state index in [4.69, 9.17) is 0 Å². The molecule has 22 heavy (non-hydrogen) atoms. The third kappa shape index (κ3) is 1.79. The van der Waals surface area contributed by atoms with Crippen LogP contribution in [-0.2, 0) is 13.6 Å². The van der Waals surface area contributed by atoms with Gasteiger partial charge in [-0.25, -0.2) is 14.5 Å². The highest BCUT2D eigenvalue weighted by molar-refractivity contribution is 5.88. The van der Waals surface area contributed by atoms with Gasteiger partial charge in [-0.3, -0.25) is 4.68 Å². The van der Waals surface area contributed by atoms with E-state index in [-0.39, 0.29) is 12.4 Å². The molecule has 0 saturated carbocycles. The van der Waals surface area contributed by atoms with E-state index in [9.17, 15) is 10.1 Å².